The normalized spacial score (nSPS) is 14.9. The van der Waals surface area contributed by atoms with E-state index in [4.69, 9.17) is 5.73 Å². The van der Waals surface area contributed by atoms with Crippen molar-refractivity contribution < 1.29 is 8.42 Å². The van der Waals surface area contributed by atoms with Gasteiger partial charge in [0.2, 0.25) is 10.0 Å². The second-order valence-corrected chi connectivity index (χ2v) is 7.63. The maximum absolute atomic E-state index is 12.3. The van der Waals surface area contributed by atoms with Crippen molar-refractivity contribution in [1.29, 1.82) is 0 Å². The van der Waals surface area contributed by atoms with Gasteiger partial charge in [-0.15, -0.1) is 11.3 Å². The van der Waals surface area contributed by atoms with Crippen molar-refractivity contribution >= 4 is 21.4 Å². The van der Waals surface area contributed by atoms with Gasteiger partial charge in [-0.25, -0.2) is 18.1 Å². The molecule has 2 atom stereocenters. The lowest BCUT2D eigenvalue weighted by Gasteiger charge is -2.13. The first kappa shape index (κ1) is 16.1. The Balaban J connectivity index is 2.18. The number of thiazole rings is 1. The van der Waals surface area contributed by atoms with E-state index in [9.17, 15) is 8.42 Å². The molecule has 0 saturated carbocycles. The standard InChI is InChI=1S/C14H19N3O2S2/c1-9-8-20-14(16-9)11(3)17-21(18,19)13-6-4-12(5-7-13)10(2)15/h4-8,10-11,17H,15H2,1-3H3. The molecule has 0 spiro atoms. The van der Waals surface area contributed by atoms with E-state index in [2.05, 4.69) is 9.71 Å². The largest absolute Gasteiger partial charge is 0.324 e. The number of benzene rings is 1. The van der Waals surface area contributed by atoms with Crippen LogP contribution in [0.5, 0.6) is 0 Å². The summed E-state index contributed by atoms with van der Waals surface area (Å²) in [5.41, 5.74) is 7.55. The Morgan fingerprint density at radius 2 is 1.86 bits per heavy atom. The van der Waals surface area contributed by atoms with E-state index in [-0.39, 0.29) is 17.0 Å². The molecule has 0 saturated heterocycles. The second-order valence-electron chi connectivity index (χ2n) is 5.03. The molecular weight excluding hydrogens is 306 g/mol. The molecule has 1 aromatic heterocycles. The summed E-state index contributed by atoms with van der Waals surface area (Å²) in [6.07, 6.45) is 0. The lowest BCUT2D eigenvalue weighted by atomic mass is 10.1. The molecule has 0 amide bonds. The number of hydrogen-bond acceptors (Lipinski definition) is 5. The minimum atomic E-state index is -3.57. The number of hydrogen-bond donors (Lipinski definition) is 2. The molecule has 1 heterocycles. The highest BCUT2D eigenvalue weighted by Gasteiger charge is 2.20. The maximum Gasteiger partial charge on any atom is 0.241 e. The lowest BCUT2D eigenvalue weighted by Crippen LogP contribution is -2.26. The Labute approximate surface area is 129 Å². The molecule has 1 aromatic carbocycles. The third-order valence-corrected chi connectivity index (χ3v) is 5.76. The van der Waals surface area contributed by atoms with E-state index in [1.54, 1.807) is 31.2 Å². The summed E-state index contributed by atoms with van der Waals surface area (Å²) in [7, 11) is -3.57. The monoisotopic (exact) mass is 325 g/mol. The van der Waals surface area contributed by atoms with Gasteiger partial charge in [0.15, 0.2) is 0 Å². The van der Waals surface area contributed by atoms with Gasteiger partial charge in [0, 0.05) is 17.1 Å². The van der Waals surface area contributed by atoms with Gasteiger partial charge >= 0.3 is 0 Å². The van der Waals surface area contributed by atoms with Gasteiger partial charge in [-0.2, -0.15) is 0 Å². The first-order valence-corrected chi connectivity index (χ1v) is 8.96. The molecule has 0 aliphatic carbocycles. The van der Waals surface area contributed by atoms with Gasteiger partial charge in [-0.05, 0) is 38.5 Å². The van der Waals surface area contributed by atoms with Crippen LogP contribution >= 0.6 is 11.3 Å². The Morgan fingerprint density at radius 1 is 1.24 bits per heavy atom. The molecule has 0 aliphatic heterocycles. The summed E-state index contributed by atoms with van der Waals surface area (Å²) in [4.78, 5) is 4.53. The number of nitrogens with zero attached hydrogens (tertiary/aromatic N) is 1. The molecule has 0 bridgehead atoms. The van der Waals surface area contributed by atoms with Crippen molar-refractivity contribution in [3.05, 3.63) is 45.9 Å². The third-order valence-electron chi connectivity index (χ3n) is 3.06. The van der Waals surface area contributed by atoms with Crippen molar-refractivity contribution in [2.45, 2.75) is 37.8 Å². The van der Waals surface area contributed by atoms with Crippen LogP contribution in [0.1, 0.15) is 42.2 Å². The van der Waals surface area contributed by atoms with Gasteiger partial charge in [-0.3, -0.25) is 0 Å². The molecule has 21 heavy (non-hydrogen) atoms. The number of aromatic nitrogens is 1. The van der Waals surface area contributed by atoms with Crippen LogP contribution in [-0.4, -0.2) is 13.4 Å². The van der Waals surface area contributed by atoms with E-state index in [1.165, 1.54) is 11.3 Å². The average molecular weight is 325 g/mol. The molecule has 5 nitrogen and oxygen atoms in total. The van der Waals surface area contributed by atoms with Crippen LogP contribution in [0, 0.1) is 6.92 Å². The molecule has 114 valence electrons. The second kappa shape index (κ2) is 6.23. The Morgan fingerprint density at radius 3 is 2.33 bits per heavy atom. The van der Waals surface area contributed by atoms with Gasteiger partial charge in [-0.1, -0.05) is 12.1 Å². The summed E-state index contributed by atoms with van der Waals surface area (Å²) in [6.45, 7) is 5.52. The minimum absolute atomic E-state index is 0.119. The minimum Gasteiger partial charge on any atom is -0.324 e. The van der Waals surface area contributed by atoms with E-state index in [0.717, 1.165) is 16.3 Å². The smallest absolute Gasteiger partial charge is 0.241 e. The highest BCUT2D eigenvalue weighted by Crippen LogP contribution is 2.21. The van der Waals surface area contributed by atoms with Crippen molar-refractivity contribution in [2.24, 2.45) is 5.73 Å². The number of nitrogens with two attached hydrogens (primary N) is 1. The first-order chi connectivity index (χ1) is 9.79. The van der Waals surface area contributed by atoms with E-state index in [1.807, 2.05) is 19.2 Å². The first-order valence-electron chi connectivity index (χ1n) is 6.59. The van der Waals surface area contributed by atoms with E-state index < -0.39 is 10.0 Å². The number of sulfonamides is 1. The number of aryl methyl sites for hydroxylation is 1. The fourth-order valence-electron chi connectivity index (χ4n) is 1.87. The van der Waals surface area contributed by atoms with Crippen LogP contribution in [0.3, 0.4) is 0 Å². The SMILES string of the molecule is Cc1csc(C(C)NS(=O)(=O)c2ccc(C(C)N)cc2)n1. The lowest BCUT2D eigenvalue weighted by molar-refractivity contribution is 0.566. The van der Waals surface area contributed by atoms with Crippen LogP contribution in [-0.2, 0) is 10.0 Å². The third kappa shape index (κ3) is 3.88. The zero-order chi connectivity index (χ0) is 15.6. The fourth-order valence-corrected chi connectivity index (χ4v) is 3.96. The topological polar surface area (TPSA) is 85.1 Å². The molecule has 7 heteroatoms. The van der Waals surface area contributed by atoms with Gasteiger partial charge < -0.3 is 5.73 Å². The van der Waals surface area contributed by atoms with Crippen molar-refractivity contribution in [1.82, 2.24) is 9.71 Å². The molecule has 3 N–H and O–H groups in total. The Hall–Kier alpha value is -1.28. The fraction of sp³-hybridized carbons (Fsp3) is 0.357. The molecule has 0 radical (unpaired) electrons. The summed E-state index contributed by atoms with van der Waals surface area (Å²) in [5.74, 6) is 0. The predicted octanol–water partition coefficient (Wildman–Crippen LogP) is 2.51. The highest BCUT2D eigenvalue weighted by atomic mass is 32.2. The Bertz CT molecular complexity index is 706. The summed E-state index contributed by atoms with van der Waals surface area (Å²) < 4.78 is 27.3. The van der Waals surface area contributed by atoms with Gasteiger partial charge in [0.05, 0.1) is 10.9 Å². The van der Waals surface area contributed by atoms with Crippen LogP contribution in [0.15, 0.2) is 34.5 Å². The predicted molar refractivity (Wildman–Crippen MR) is 84.6 cm³/mol. The summed E-state index contributed by atoms with van der Waals surface area (Å²) >= 11 is 1.45. The zero-order valence-corrected chi connectivity index (χ0v) is 13.8. The van der Waals surface area contributed by atoms with Crippen LogP contribution in [0.4, 0.5) is 0 Å². The maximum atomic E-state index is 12.3. The van der Waals surface area contributed by atoms with Crippen LogP contribution < -0.4 is 10.5 Å². The van der Waals surface area contributed by atoms with E-state index in [0.29, 0.717) is 0 Å². The van der Waals surface area contributed by atoms with Crippen molar-refractivity contribution in [2.75, 3.05) is 0 Å². The quantitative estimate of drug-likeness (QED) is 0.884. The van der Waals surface area contributed by atoms with Crippen LogP contribution in [0.2, 0.25) is 0 Å². The van der Waals surface area contributed by atoms with Crippen LogP contribution in [0.25, 0.3) is 0 Å². The molecule has 2 rings (SSSR count). The van der Waals surface area contributed by atoms with E-state index >= 15 is 0 Å². The summed E-state index contributed by atoms with van der Waals surface area (Å²) in [5, 5.41) is 2.65. The Kier molecular flexibility index (Phi) is 4.77. The van der Waals surface area contributed by atoms with Crippen molar-refractivity contribution in [3.63, 3.8) is 0 Å². The highest BCUT2D eigenvalue weighted by molar-refractivity contribution is 7.89. The zero-order valence-electron chi connectivity index (χ0n) is 12.2. The van der Waals surface area contributed by atoms with Crippen molar-refractivity contribution in [3.8, 4) is 0 Å². The number of nitrogens with one attached hydrogen (secondary N) is 1. The molecule has 2 unspecified atom stereocenters. The number of rotatable bonds is 5. The molecule has 2 aromatic rings. The summed E-state index contributed by atoms with van der Waals surface area (Å²) in [6, 6.07) is 6.13. The molecule has 0 aliphatic rings. The molecule has 0 fully saturated rings. The van der Waals surface area contributed by atoms with Gasteiger partial charge in [0.1, 0.15) is 5.01 Å². The van der Waals surface area contributed by atoms with Gasteiger partial charge in [0.25, 0.3) is 0 Å². The molecular formula is C14H19N3O2S2. The average Bonchev–Trinajstić information content (AvgIpc) is 2.85.